The minimum atomic E-state index is 0. The zero-order valence-electron chi connectivity index (χ0n) is 16.6. The average Bonchev–Trinajstić information content (AvgIpc) is 3.05. The third-order valence-corrected chi connectivity index (χ3v) is 4.70. The van der Waals surface area contributed by atoms with E-state index < -0.39 is 0 Å². The second-order valence-corrected chi connectivity index (χ2v) is 6.84. The van der Waals surface area contributed by atoms with Crippen molar-refractivity contribution < 1.29 is 4.79 Å². The van der Waals surface area contributed by atoms with Crippen molar-refractivity contribution in [1.82, 2.24) is 15.5 Å². The van der Waals surface area contributed by atoms with Crippen LogP contribution in [0.15, 0.2) is 4.99 Å². The van der Waals surface area contributed by atoms with Gasteiger partial charge in [-0.05, 0) is 32.1 Å². The highest BCUT2D eigenvalue weighted by atomic mass is 127. The number of rotatable bonds is 10. The zero-order chi connectivity index (χ0) is 17.8. The molecule has 0 aliphatic carbocycles. The molecule has 1 saturated heterocycles. The minimum absolute atomic E-state index is 0. The normalized spacial score (nSPS) is 18.6. The molecular formula is C19H39IN4O. The molecule has 1 heterocycles. The molecule has 2 atom stereocenters. The Morgan fingerprint density at radius 2 is 1.96 bits per heavy atom. The summed E-state index contributed by atoms with van der Waals surface area (Å²) in [6.45, 7) is 11.9. The molecule has 1 rings (SSSR count). The highest BCUT2D eigenvalue weighted by Gasteiger charge is 2.25. The fraction of sp³-hybridized carbons (Fsp3) is 0.895. The van der Waals surface area contributed by atoms with Crippen molar-refractivity contribution in [1.29, 1.82) is 0 Å². The summed E-state index contributed by atoms with van der Waals surface area (Å²) in [6, 6.07) is 0.318. The van der Waals surface area contributed by atoms with Gasteiger partial charge in [0, 0.05) is 38.6 Å². The van der Waals surface area contributed by atoms with Gasteiger partial charge in [-0.3, -0.25) is 9.79 Å². The maximum atomic E-state index is 11.8. The molecule has 0 spiro atoms. The molecule has 6 heteroatoms. The second-order valence-electron chi connectivity index (χ2n) is 6.84. The van der Waals surface area contributed by atoms with Gasteiger partial charge in [0.05, 0.1) is 0 Å². The van der Waals surface area contributed by atoms with E-state index in [9.17, 15) is 4.79 Å². The number of amides is 1. The van der Waals surface area contributed by atoms with E-state index in [0.29, 0.717) is 18.4 Å². The van der Waals surface area contributed by atoms with E-state index in [2.05, 4.69) is 31.4 Å². The molecular weight excluding hydrogens is 427 g/mol. The van der Waals surface area contributed by atoms with Gasteiger partial charge in [0.2, 0.25) is 5.91 Å². The molecule has 2 N–H and O–H groups in total. The second kappa shape index (κ2) is 14.6. The fourth-order valence-corrected chi connectivity index (χ4v) is 3.29. The molecule has 25 heavy (non-hydrogen) atoms. The third-order valence-electron chi connectivity index (χ3n) is 4.70. The van der Waals surface area contributed by atoms with Crippen LogP contribution in [-0.2, 0) is 4.79 Å². The van der Waals surface area contributed by atoms with Crippen molar-refractivity contribution in [2.24, 2.45) is 10.9 Å². The molecule has 0 bridgehead atoms. The highest BCUT2D eigenvalue weighted by molar-refractivity contribution is 14.0. The lowest BCUT2D eigenvalue weighted by Crippen LogP contribution is -2.45. The van der Waals surface area contributed by atoms with E-state index in [4.69, 9.17) is 4.99 Å². The van der Waals surface area contributed by atoms with Gasteiger partial charge in [-0.1, -0.05) is 40.0 Å². The number of carbonyl (C=O) groups is 1. The fourth-order valence-electron chi connectivity index (χ4n) is 3.29. The number of aliphatic imine (C=N–C) groups is 1. The standard InChI is InChI=1S/C19H38N4O.HI/c1-5-9-11-16(10-6-2)14-21-19(20-8-4)22-17-12-13-23(15-17)18(24)7-3;/h16-17H,5-15H2,1-4H3,(H2,20,21,22);1H. The van der Waals surface area contributed by atoms with Crippen molar-refractivity contribution in [3.63, 3.8) is 0 Å². The molecule has 0 aromatic carbocycles. The van der Waals surface area contributed by atoms with Crippen LogP contribution in [-0.4, -0.2) is 49.0 Å². The van der Waals surface area contributed by atoms with Gasteiger partial charge in [-0.15, -0.1) is 24.0 Å². The van der Waals surface area contributed by atoms with Gasteiger partial charge >= 0.3 is 0 Å². The molecule has 2 unspecified atom stereocenters. The molecule has 1 aliphatic heterocycles. The van der Waals surface area contributed by atoms with Gasteiger partial charge < -0.3 is 15.5 Å². The van der Waals surface area contributed by atoms with Gasteiger partial charge in [0.1, 0.15) is 0 Å². The van der Waals surface area contributed by atoms with Crippen LogP contribution in [0.25, 0.3) is 0 Å². The summed E-state index contributed by atoms with van der Waals surface area (Å²) in [7, 11) is 0. The van der Waals surface area contributed by atoms with Gasteiger partial charge in [0.25, 0.3) is 0 Å². The summed E-state index contributed by atoms with van der Waals surface area (Å²) in [5.41, 5.74) is 0. The van der Waals surface area contributed by atoms with Crippen LogP contribution in [0.1, 0.15) is 72.6 Å². The SMILES string of the molecule is CCCCC(CCC)CN=C(NCC)NC1CCN(C(=O)CC)C1.I. The molecule has 1 aliphatic rings. The molecule has 148 valence electrons. The molecule has 1 amide bonds. The van der Waals surface area contributed by atoms with Crippen LogP contribution in [0, 0.1) is 5.92 Å². The van der Waals surface area contributed by atoms with E-state index in [1.807, 2.05) is 11.8 Å². The Kier molecular flexibility index (Phi) is 14.3. The Labute approximate surface area is 171 Å². The summed E-state index contributed by atoms with van der Waals surface area (Å²) in [5.74, 6) is 1.85. The Hall–Kier alpha value is -0.530. The summed E-state index contributed by atoms with van der Waals surface area (Å²) >= 11 is 0. The van der Waals surface area contributed by atoms with Crippen LogP contribution < -0.4 is 10.6 Å². The van der Waals surface area contributed by atoms with Crippen molar-refractivity contribution in [3.05, 3.63) is 0 Å². The summed E-state index contributed by atoms with van der Waals surface area (Å²) in [4.78, 5) is 18.6. The van der Waals surface area contributed by atoms with Crippen LogP contribution in [0.2, 0.25) is 0 Å². The lowest BCUT2D eigenvalue weighted by molar-refractivity contribution is -0.129. The molecule has 1 fully saturated rings. The van der Waals surface area contributed by atoms with Crippen LogP contribution in [0.3, 0.4) is 0 Å². The predicted octanol–water partition coefficient (Wildman–Crippen LogP) is 3.78. The maximum Gasteiger partial charge on any atom is 0.222 e. The number of unbranched alkanes of at least 4 members (excludes halogenated alkanes) is 1. The predicted molar refractivity (Wildman–Crippen MR) is 118 cm³/mol. The van der Waals surface area contributed by atoms with Gasteiger partial charge in [-0.2, -0.15) is 0 Å². The van der Waals surface area contributed by atoms with E-state index in [0.717, 1.165) is 38.6 Å². The number of guanidine groups is 1. The van der Waals surface area contributed by atoms with Crippen LogP contribution in [0.5, 0.6) is 0 Å². The molecule has 5 nitrogen and oxygen atoms in total. The third kappa shape index (κ3) is 9.66. The number of hydrogen-bond donors (Lipinski definition) is 2. The van der Waals surface area contributed by atoms with Crippen molar-refractivity contribution in [2.45, 2.75) is 78.7 Å². The Balaban J connectivity index is 0.00000576. The van der Waals surface area contributed by atoms with Crippen molar-refractivity contribution in [2.75, 3.05) is 26.2 Å². The molecule has 0 aromatic heterocycles. The van der Waals surface area contributed by atoms with Crippen LogP contribution >= 0.6 is 24.0 Å². The van der Waals surface area contributed by atoms with Gasteiger partial charge in [0.15, 0.2) is 5.96 Å². The summed E-state index contributed by atoms with van der Waals surface area (Å²) < 4.78 is 0. The van der Waals surface area contributed by atoms with E-state index in [1.165, 1.54) is 32.1 Å². The lowest BCUT2D eigenvalue weighted by atomic mass is 9.97. The minimum Gasteiger partial charge on any atom is -0.357 e. The van der Waals surface area contributed by atoms with Crippen molar-refractivity contribution >= 4 is 35.8 Å². The van der Waals surface area contributed by atoms with E-state index in [1.54, 1.807) is 0 Å². The highest BCUT2D eigenvalue weighted by Crippen LogP contribution is 2.15. The monoisotopic (exact) mass is 466 g/mol. The zero-order valence-corrected chi connectivity index (χ0v) is 19.0. The lowest BCUT2D eigenvalue weighted by Gasteiger charge is -2.20. The number of nitrogens with zero attached hydrogens (tertiary/aromatic N) is 2. The average molecular weight is 466 g/mol. The first-order valence-electron chi connectivity index (χ1n) is 9.97. The Morgan fingerprint density at radius 1 is 1.20 bits per heavy atom. The van der Waals surface area contributed by atoms with E-state index in [-0.39, 0.29) is 29.9 Å². The first kappa shape index (κ1) is 24.5. The number of carbonyl (C=O) groups excluding carboxylic acids is 1. The molecule has 0 saturated carbocycles. The van der Waals surface area contributed by atoms with Crippen LogP contribution in [0.4, 0.5) is 0 Å². The molecule has 0 aromatic rings. The number of halogens is 1. The first-order valence-corrected chi connectivity index (χ1v) is 9.97. The topological polar surface area (TPSA) is 56.7 Å². The molecule has 0 radical (unpaired) electrons. The number of nitrogens with one attached hydrogen (secondary N) is 2. The number of hydrogen-bond acceptors (Lipinski definition) is 2. The summed E-state index contributed by atoms with van der Waals surface area (Å²) in [6.07, 6.45) is 7.90. The van der Waals surface area contributed by atoms with E-state index >= 15 is 0 Å². The van der Waals surface area contributed by atoms with Gasteiger partial charge in [-0.25, -0.2) is 0 Å². The quantitative estimate of drug-likeness (QED) is 0.293. The number of likely N-dealkylation sites (tertiary alicyclic amines) is 1. The smallest absolute Gasteiger partial charge is 0.222 e. The largest absolute Gasteiger partial charge is 0.357 e. The first-order chi connectivity index (χ1) is 11.6. The maximum absolute atomic E-state index is 11.8. The Bertz CT molecular complexity index is 390. The summed E-state index contributed by atoms with van der Waals surface area (Å²) in [5, 5.41) is 6.88. The Morgan fingerprint density at radius 3 is 2.56 bits per heavy atom. The van der Waals surface area contributed by atoms with Crippen molar-refractivity contribution in [3.8, 4) is 0 Å².